The molecule has 0 bridgehead atoms. The van der Waals surface area contributed by atoms with E-state index >= 15 is 0 Å². The summed E-state index contributed by atoms with van der Waals surface area (Å²) in [6.07, 6.45) is 0.608. The van der Waals surface area contributed by atoms with Gasteiger partial charge in [-0.3, -0.25) is 24.5 Å². The molecule has 14 heteroatoms. The topological polar surface area (TPSA) is 183 Å². The van der Waals surface area contributed by atoms with Crippen LogP contribution in [0.5, 0.6) is 5.75 Å². The molecule has 2 heterocycles. The number of rotatable bonds is 10. The number of amides is 5. The predicted octanol–water partition coefficient (Wildman–Crippen LogP) is 2.14. The Labute approximate surface area is 264 Å². The first-order chi connectivity index (χ1) is 22.1. The highest BCUT2D eigenvalue weighted by molar-refractivity contribution is 5.97. The van der Waals surface area contributed by atoms with Crippen LogP contribution in [-0.4, -0.2) is 85.4 Å². The van der Waals surface area contributed by atoms with Gasteiger partial charge in [0.1, 0.15) is 23.5 Å². The molecule has 0 radical (unpaired) electrons. The Morgan fingerprint density at radius 3 is 2.41 bits per heavy atom. The minimum Gasteiger partial charge on any atom is -0.508 e. The Hall–Kier alpha value is -5.76. The van der Waals surface area contributed by atoms with Gasteiger partial charge in [0, 0.05) is 19.5 Å². The highest BCUT2D eigenvalue weighted by Gasteiger charge is 2.51. The van der Waals surface area contributed by atoms with Crippen molar-refractivity contribution >= 4 is 29.4 Å². The largest absolute Gasteiger partial charge is 0.508 e. The molecule has 3 aromatic carbocycles. The quantitative estimate of drug-likeness (QED) is 0.174. The molecule has 2 aliphatic rings. The van der Waals surface area contributed by atoms with Crippen molar-refractivity contribution in [3.05, 3.63) is 118 Å². The fourth-order valence-electron chi connectivity index (χ4n) is 5.89. The number of para-hydroxylation sites is 1. The summed E-state index contributed by atoms with van der Waals surface area (Å²) >= 11 is 0. The SMILES string of the molecule is C=CCN1CC(=O)N2C(CN(Cc3cccc(C(N)=O)c3[N+](=O)[O-])C(=O)[C@@H]2Cc2ccc(O)cc2)N1C(=O)NCc1ccccc1. The van der Waals surface area contributed by atoms with Crippen LogP contribution in [0.1, 0.15) is 27.0 Å². The van der Waals surface area contributed by atoms with Crippen LogP contribution in [0.3, 0.4) is 0 Å². The van der Waals surface area contributed by atoms with E-state index in [2.05, 4.69) is 11.9 Å². The zero-order chi connectivity index (χ0) is 33.0. The maximum atomic E-state index is 14.2. The highest BCUT2D eigenvalue weighted by atomic mass is 16.6. The van der Waals surface area contributed by atoms with E-state index in [9.17, 15) is 34.4 Å². The number of hydrogen-bond donors (Lipinski definition) is 3. The number of phenols is 1. The number of piperazine rings is 1. The van der Waals surface area contributed by atoms with Crippen LogP contribution in [0.25, 0.3) is 0 Å². The number of hydrogen-bond acceptors (Lipinski definition) is 8. The van der Waals surface area contributed by atoms with Crippen molar-refractivity contribution < 1.29 is 29.2 Å². The van der Waals surface area contributed by atoms with Crippen molar-refractivity contribution in [3.8, 4) is 5.75 Å². The lowest BCUT2D eigenvalue weighted by atomic mass is 9.97. The van der Waals surface area contributed by atoms with Crippen molar-refractivity contribution in [3.63, 3.8) is 0 Å². The number of hydrazine groups is 1. The van der Waals surface area contributed by atoms with Crippen molar-refractivity contribution in [2.75, 3.05) is 19.6 Å². The van der Waals surface area contributed by atoms with Gasteiger partial charge in [-0.1, -0.05) is 60.7 Å². The molecule has 0 spiro atoms. The molecular weight excluding hydrogens is 594 g/mol. The third-order valence-electron chi connectivity index (χ3n) is 7.96. The first-order valence-electron chi connectivity index (χ1n) is 14.5. The number of nitrogens with one attached hydrogen (secondary N) is 1. The van der Waals surface area contributed by atoms with E-state index in [0.717, 1.165) is 5.56 Å². The standard InChI is InChI=1S/C32H33N7O7/c1-2-15-36-20-28(41)37-26(16-21-11-13-24(40)14-12-21)31(43)35(18-23-9-6-10-25(30(33)42)29(23)39(45)46)19-27(37)38(36)32(44)34-17-22-7-4-3-5-8-22/h2-14,26-27,40H,1,15-20H2,(H2,33,42)(H,34,44)/t26-,27?/m0/s1. The molecule has 2 fully saturated rings. The van der Waals surface area contributed by atoms with Crippen LogP contribution in [-0.2, 0) is 29.1 Å². The summed E-state index contributed by atoms with van der Waals surface area (Å²) in [6, 6.07) is 17.9. The minimum atomic E-state index is -1.09. The molecule has 5 amide bonds. The van der Waals surface area contributed by atoms with E-state index in [1.54, 1.807) is 23.2 Å². The number of carbonyl (C=O) groups is 4. The second-order valence-electron chi connectivity index (χ2n) is 10.9. The van der Waals surface area contributed by atoms with Crippen molar-refractivity contribution in [1.29, 1.82) is 0 Å². The third-order valence-corrected chi connectivity index (χ3v) is 7.96. The zero-order valence-electron chi connectivity index (χ0n) is 24.8. The van der Waals surface area contributed by atoms with E-state index in [-0.39, 0.29) is 56.0 Å². The van der Waals surface area contributed by atoms with E-state index in [1.807, 2.05) is 30.3 Å². The molecular formula is C32H33N7O7. The summed E-state index contributed by atoms with van der Waals surface area (Å²) in [5, 5.41) is 27.7. The lowest BCUT2D eigenvalue weighted by molar-refractivity contribution is -0.386. The normalized spacial score (nSPS) is 18.2. The maximum absolute atomic E-state index is 14.2. The number of nitro groups is 1. The van der Waals surface area contributed by atoms with E-state index in [0.29, 0.717) is 5.56 Å². The number of nitrogens with zero attached hydrogens (tertiary/aromatic N) is 5. The summed E-state index contributed by atoms with van der Waals surface area (Å²) in [5.41, 5.74) is 6.15. The lowest BCUT2D eigenvalue weighted by Crippen LogP contribution is -2.76. The molecule has 0 saturated carbocycles. The molecule has 2 atom stereocenters. The molecule has 0 aliphatic carbocycles. The second-order valence-corrected chi connectivity index (χ2v) is 10.9. The number of nitro benzene ring substituents is 1. The summed E-state index contributed by atoms with van der Waals surface area (Å²) in [4.78, 5) is 67.9. The smallest absolute Gasteiger partial charge is 0.334 e. The number of nitrogens with two attached hydrogens (primary N) is 1. The molecule has 1 unspecified atom stereocenters. The molecule has 46 heavy (non-hydrogen) atoms. The molecule has 3 aromatic rings. The number of carbonyl (C=O) groups excluding carboxylic acids is 4. The maximum Gasteiger partial charge on any atom is 0.334 e. The van der Waals surface area contributed by atoms with Crippen LogP contribution >= 0.6 is 0 Å². The number of fused-ring (bicyclic) bond motifs is 1. The Kier molecular flexibility index (Phi) is 9.28. The molecule has 4 N–H and O–H groups in total. The average molecular weight is 628 g/mol. The van der Waals surface area contributed by atoms with E-state index in [4.69, 9.17) is 5.73 Å². The number of benzene rings is 3. The number of phenolic OH excluding ortho intramolecular Hbond substituents is 1. The number of aromatic hydroxyl groups is 1. The van der Waals surface area contributed by atoms with Crippen LogP contribution in [0.2, 0.25) is 0 Å². The summed E-state index contributed by atoms with van der Waals surface area (Å²) in [7, 11) is 0. The van der Waals surface area contributed by atoms with Gasteiger partial charge >= 0.3 is 6.03 Å². The minimum absolute atomic E-state index is 0.0234. The summed E-state index contributed by atoms with van der Waals surface area (Å²) in [5.74, 6) is -1.86. The molecule has 0 aromatic heterocycles. The summed E-state index contributed by atoms with van der Waals surface area (Å²) in [6.45, 7) is 3.45. The van der Waals surface area contributed by atoms with Crippen LogP contribution in [0.15, 0.2) is 85.5 Å². The Bertz CT molecular complexity index is 1660. The monoisotopic (exact) mass is 627 g/mol. The van der Waals surface area contributed by atoms with Crippen LogP contribution in [0, 0.1) is 10.1 Å². The van der Waals surface area contributed by atoms with Gasteiger partial charge in [0.25, 0.3) is 11.6 Å². The fraction of sp³-hybridized carbons (Fsp3) is 0.250. The Balaban J connectivity index is 1.55. The molecule has 2 aliphatic heterocycles. The predicted molar refractivity (Wildman–Crippen MR) is 166 cm³/mol. The Morgan fingerprint density at radius 1 is 1.04 bits per heavy atom. The van der Waals surface area contributed by atoms with Gasteiger partial charge in [-0.25, -0.2) is 14.8 Å². The van der Waals surface area contributed by atoms with Gasteiger partial charge in [-0.2, -0.15) is 0 Å². The lowest BCUT2D eigenvalue weighted by Gasteiger charge is -2.55. The fourth-order valence-corrected chi connectivity index (χ4v) is 5.89. The van der Waals surface area contributed by atoms with E-state index in [1.165, 1.54) is 45.1 Å². The number of primary amides is 1. The average Bonchev–Trinajstić information content (AvgIpc) is 3.03. The summed E-state index contributed by atoms with van der Waals surface area (Å²) < 4.78 is 0. The molecule has 5 rings (SSSR count). The van der Waals surface area contributed by atoms with Crippen LogP contribution in [0.4, 0.5) is 10.5 Å². The third kappa shape index (κ3) is 6.51. The van der Waals surface area contributed by atoms with Gasteiger partial charge < -0.3 is 26.0 Å². The molecule has 14 nitrogen and oxygen atoms in total. The van der Waals surface area contributed by atoms with Gasteiger partial charge in [-0.15, -0.1) is 6.58 Å². The van der Waals surface area contributed by atoms with E-state index < -0.39 is 46.6 Å². The highest BCUT2D eigenvalue weighted by Crippen LogP contribution is 2.32. The first kappa shape index (κ1) is 31.7. The number of urea groups is 1. The van der Waals surface area contributed by atoms with Crippen molar-refractivity contribution in [2.24, 2.45) is 5.73 Å². The first-order valence-corrected chi connectivity index (χ1v) is 14.5. The van der Waals surface area contributed by atoms with Gasteiger partial charge in [0.05, 0.1) is 30.1 Å². The van der Waals surface area contributed by atoms with Gasteiger partial charge in [0.2, 0.25) is 11.8 Å². The van der Waals surface area contributed by atoms with Crippen molar-refractivity contribution in [2.45, 2.75) is 31.7 Å². The zero-order valence-corrected chi connectivity index (χ0v) is 24.8. The second kappa shape index (κ2) is 13.5. The van der Waals surface area contributed by atoms with Gasteiger partial charge in [0.15, 0.2) is 0 Å². The Morgan fingerprint density at radius 2 is 1.76 bits per heavy atom. The molecule has 238 valence electrons. The van der Waals surface area contributed by atoms with Crippen LogP contribution < -0.4 is 11.1 Å². The van der Waals surface area contributed by atoms with Gasteiger partial charge in [-0.05, 0) is 29.3 Å². The molecule has 2 saturated heterocycles. The van der Waals surface area contributed by atoms with Crippen molar-refractivity contribution in [1.82, 2.24) is 25.1 Å².